The fourth-order valence-corrected chi connectivity index (χ4v) is 2.52. The van der Waals surface area contributed by atoms with E-state index in [2.05, 4.69) is 40.4 Å². The number of hydrogen-bond acceptors (Lipinski definition) is 4. The van der Waals surface area contributed by atoms with E-state index in [-0.39, 0.29) is 5.91 Å². The predicted molar refractivity (Wildman–Crippen MR) is 92.7 cm³/mol. The highest BCUT2D eigenvalue weighted by Crippen LogP contribution is 2.21. The van der Waals surface area contributed by atoms with E-state index in [0.717, 1.165) is 28.2 Å². The molecule has 0 fully saturated rings. The number of nitrogens with zero attached hydrogens (tertiary/aromatic N) is 2. The zero-order valence-corrected chi connectivity index (χ0v) is 13.8. The Balaban J connectivity index is 1.65. The van der Waals surface area contributed by atoms with E-state index >= 15 is 0 Å². The molecule has 1 aromatic carbocycles. The SMILES string of the molecule is CC(C)N(C)c1ccc(CNc2ccc3c(c2)C(=O)NC3)cn1. The summed E-state index contributed by atoms with van der Waals surface area (Å²) in [4.78, 5) is 18.3. The van der Waals surface area contributed by atoms with Crippen molar-refractivity contribution in [3.8, 4) is 0 Å². The van der Waals surface area contributed by atoms with Crippen LogP contribution >= 0.6 is 0 Å². The number of aromatic nitrogens is 1. The van der Waals surface area contributed by atoms with Gasteiger partial charge in [-0.3, -0.25) is 4.79 Å². The number of carbonyl (C=O) groups excluding carboxylic acids is 1. The summed E-state index contributed by atoms with van der Waals surface area (Å²) in [6, 6.07) is 10.4. The highest BCUT2D eigenvalue weighted by atomic mass is 16.1. The zero-order valence-electron chi connectivity index (χ0n) is 13.8. The topological polar surface area (TPSA) is 57.3 Å². The van der Waals surface area contributed by atoms with E-state index in [1.165, 1.54) is 0 Å². The van der Waals surface area contributed by atoms with Crippen molar-refractivity contribution in [3.63, 3.8) is 0 Å². The Morgan fingerprint density at radius 3 is 2.83 bits per heavy atom. The molecule has 0 aliphatic carbocycles. The van der Waals surface area contributed by atoms with Crippen LogP contribution in [0.1, 0.15) is 35.3 Å². The van der Waals surface area contributed by atoms with Crippen molar-refractivity contribution < 1.29 is 4.79 Å². The second kappa shape index (κ2) is 6.28. The summed E-state index contributed by atoms with van der Waals surface area (Å²) >= 11 is 0. The summed E-state index contributed by atoms with van der Waals surface area (Å²) in [6.45, 7) is 5.59. The van der Waals surface area contributed by atoms with Crippen molar-refractivity contribution in [1.29, 1.82) is 0 Å². The van der Waals surface area contributed by atoms with Gasteiger partial charge in [0.2, 0.25) is 0 Å². The number of carbonyl (C=O) groups is 1. The number of pyridine rings is 1. The third-order valence-corrected chi connectivity index (χ3v) is 4.24. The number of hydrogen-bond donors (Lipinski definition) is 2. The molecule has 0 saturated heterocycles. The van der Waals surface area contributed by atoms with Gasteiger partial charge >= 0.3 is 0 Å². The molecule has 2 heterocycles. The Bertz CT molecular complexity index is 709. The molecular formula is C18H22N4O. The van der Waals surface area contributed by atoms with Gasteiger partial charge in [-0.25, -0.2) is 4.98 Å². The largest absolute Gasteiger partial charge is 0.381 e. The molecule has 23 heavy (non-hydrogen) atoms. The van der Waals surface area contributed by atoms with Crippen molar-refractivity contribution in [2.45, 2.75) is 33.0 Å². The molecule has 1 aliphatic rings. The van der Waals surface area contributed by atoms with Crippen LogP contribution in [0.25, 0.3) is 0 Å². The summed E-state index contributed by atoms with van der Waals surface area (Å²) in [6.07, 6.45) is 1.89. The van der Waals surface area contributed by atoms with Gasteiger partial charge in [0, 0.05) is 43.6 Å². The summed E-state index contributed by atoms with van der Waals surface area (Å²) < 4.78 is 0. The molecular weight excluding hydrogens is 288 g/mol. The quantitative estimate of drug-likeness (QED) is 0.891. The number of amides is 1. The maximum Gasteiger partial charge on any atom is 0.251 e. The molecule has 0 spiro atoms. The van der Waals surface area contributed by atoms with Gasteiger partial charge in [0.05, 0.1) is 0 Å². The number of fused-ring (bicyclic) bond motifs is 1. The van der Waals surface area contributed by atoms with E-state index in [1.807, 2.05) is 37.5 Å². The van der Waals surface area contributed by atoms with E-state index in [0.29, 0.717) is 19.1 Å². The van der Waals surface area contributed by atoms with Gasteiger partial charge in [-0.05, 0) is 43.2 Å². The first-order valence-electron chi connectivity index (χ1n) is 7.87. The Kier molecular flexibility index (Phi) is 4.19. The van der Waals surface area contributed by atoms with E-state index < -0.39 is 0 Å². The van der Waals surface area contributed by atoms with Gasteiger partial charge in [-0.1, -0.05) is 12.1 Å². The van der Waals surface area contributed by atoms with Gasteiger partial charge in [0.1, 0.15) is 5.82 Å². The molecule has 1 aliphatic heterocycles. The standard InChI is InChI=1S/C18H22N4O/c1-12(2)22(3)17-7-4-13(10-20-17)9-19-15-6-5-14-11-21-18(23)16(14)8-15/h4-8,10,12,19H,9,11H2,1-3H3,(H,21,23). The molecule has 120 valence electrons. The smallest absolute Gasteiger partial charge is 0.251 e. The highest BCUT2D eigenvalue weighted by molar-refractivity contribution is 5.99. The first-order valence-corrected chi connectivity index (χ1v) is 7.87. The van der Waals surface area contributed by atoms with E-state index in [4.69, 9.17) is 0 Å². The van der Waals surface area contributed by atoms with E-state index in [9.17, 15) is 4.79 Å². The Labute approximate surface area is 136 Å². The summed E-state index contributed by atoms with van der Waals surface area (Å²) in [5, 5.41) is 6.18. The van der Waals surface area contributed by atoms with E-state index in [1.54, 1.807) is 0 Å². The molecule has 0 bridgehead atoms. The third-order valence-electron chi connectivity index (χ3n) is 4.24. The molecule has 0 radical (unpaired) electrons. The molecule has 1 amide bonds. The lowest BCUT2D eigenvalue weighted by Crippen LogP contribution is -2.26. The van der Waals surface area contributed by atoms with Gasteiger partial charge in [0.25, 0.3) is 5.91 Å². The highest BCUT2D eigenvalue weighted by Gasteiger charge is 2.18. The van der Waals surface area contributed by atoms with Gasteiger partial charge in [0.15, 0.2) is 0 Å². The van der Waals surface area contributed by atoms with Crippen molar-refractivity contribution in [3.05, 3.63) is 53.2 Å². The monoisotopic (exact) mass is 310 g/mol. The lowest BCUT2D eigenvalue weighted by Gasteiger charge is -2.22. The van der Waals surface area contributed by atoms with Crippen molar-refractivity contribution in [2.24, 2.45) is 0 Å². The maximum absolute atomic E-state index is 11.7. The molecule has 1 aromatic heterocycles. The summed E-state index contributed by atoms with van der Waals surface area (Å²) in [5.74, 6) is 0.976. The van der Waals surface area contributed by atoms with Crippen molar-refractivity contribution >= 4 is 17.4 Å². The molecule has 5 nitrogen and oxygen atoms in total. The Morgan fingerprint density at radius 1 is 1.30 bits per heavy atom. The van der Waals surface area contributed by atoms with Gasteiger partial charge in [-0.2, -0.15) is 0 Å². The van der Waals surface area contributed by atoms with Crippen LogP contribution in [0.2, 0.25) is 0 Å². The predicted octanol–water partition coefficient (Wildman–Crippen LogP) is 2.78. The van der Waals surface area contributed by atoms with Crippen LogP contribution in [0.3, 0.4) is 0 Å². The van der Waals surface area contributed by atoms with Crippen LogP contribution in [0.5, 0.6) is 0 Å². The first-order chi connectivity index (χ1) is 11.0. The zero-order chi connectivity index (χ0) is 16.4. The lowest BCUT2D eigenvalue weighted by atomic mass is 10.1. The number of rotatable bonds is 5. The van der Waals surface area contributed by atoms with Crippen LogP contribution < -0.4 is 15.5 Å². The van der Waals surface area contributed by atoms with Crippen LogP contribution in [0.4, 0.5) is 11.5 Å². The average molecular weight is 310 g/mol. The molecule has 2 aromatic rings. The second-order valence-electron chi connectivity index (χ2n) is 6.14. The van der Waals surface area contributed by atoms with Crippen molar-refractivity contribution in [2.75, 3.05) is 17.3 Å². The number of anilines is 2. The number of nitrogens with one attached hydrogen (secondary N) is 2. The van der Waals surface area contributed by atoms with Gasteiger partial charge in [-0.15, -0.1) is 0 Å². The maximum atomic E-state index is 11.7. The molecule has 5 heteroatoms. The lowest BCUT2D eigenvalue weighted by molar-refractivity contribution is 0.0966. The molecule has 0 atom stereocenters. The van der Waals surface area contributed by atoms with Crippen LogP contribution in [-0.2, 0) is 13.1 Å². The molecule has 3 rings (SSSR count). The van der Waals surface area contributed by atoms with Crippen LogP contribution in [-0.4, -0.2) is 24.0 Å². The first kappa shape index (κ1) is 15.3. The fraction of sp³-hybridized carbons (Fsp3) is 0.333. The normalized spacial score (nSPS) is 13.0. The van der Waals surface area contributed by atoms with Crippen LogP contribution in [0.15, 0.2) is 36.5 Å². The second-order valence-corrected chi connectivity index (χ2v) is 6.14. The Hall–Kier alpha value is -2.56. The van der Waals surface area contributed by atoms with Gasteiger partial charge < -0.3 is 15.5 Å². The number of benzene rings is 1. The summed E-state index contributed by atoms with van der Waals surface area (Å²) in [5.41, 5.74) is 3.88. The Morgan fingerprint density at radius 2 is 2.13 bits per heavy atom. The molecule has 0 unspecified atom stereocenters. The minimum Gasteiger partial charge on any atom is -0.381 e. The minimum atomic E-state index is 0.00592. The average Bonchev–Trinajstić information content (AvgIpc) is 2.93. The van der Waals surface area contributed by atoms with Crippen LogP contribution in [0, 0.1) is 0 Å². The minimum absolute atomic E-state index is 0.00592. The summed E-state index contributed by atoms with van der Waals surface area (Å²) in [7, 11) is 2.04. The third kappa shape index (κ3) is 3.28. The fourth-order valence-electron chi connectivity index (χ4n) is 2.52. The molecule has 2 N–H and O–H groups in total. The van der Waals surface area contributed by atoms with Crippen molar-refractivity contribution in [1.82, 2.24) is 10.3 Å². The molecule has 0 saturated carbocycles.